The number of thiophene rings is 1. The molecule has 1 aliphatic heterocycles. The van der Waals surface area contributed by atoms with Crippen LogP contribution in [0.1, 0.15) is 29.0 Å². The number of aryl methyl sites for hydroxylation is 1. The van der Waals surface area contributed by atoms with Gasteiger partial charge in [-0.3, -0.25) is 4.99 Å². The van der Waals surface area contributed by atoms with Crippen LogP contribution in [0.25, 0.3) is 0 Å². The van der Waals surface area contributed by atoms with E-state index in [9.17, 15) is 0 Å². The van der Waals surface area contributed by atoms with Gasteiger partial charge in [0.2, 0.25) is 0 Å². The van der Waals surface area contributed by atoms with Crippen molar-refractivity contribution in [3.8, 4) is 0 Å². The van der Waals surface area contributed by atoms with Crippen molar-refractivity contribution in [2.24, 2.45) is 4.99 Å². The Balaban J connectivity index is 0.00000264. The van der Waals surface area contributed by atoms with Gasteiger partial charge in [-0.2, -0.15) is 0 Å². The smallest absolute Gasteiger partial charge is 0.191 e. The Labute approximate surface area is 160 Å². The lowest BCUT2D eigenvalue weighted by Crippen LogP contribution is -2.37. The summed E-state index contributed by atoms with van der Waals surface area (Å²) < 4.78 is 11.2. The zero-order valence-corrected chi connectivity index (χ0v) is 17.1. The molecule has 2 heterocycles. The Kier molecular flexibility index (Phi) is 10.8. The first-order valence-corrected chi connectivity index (χ1v) is 8.79. The molecular formula is C16H28IN3O2S. The van der Waals surface area contributed by atoms with Crippen LogP contribution in [0.15, 0.2) is 17.1 Å². The number of nitrogens with one attached hydrogen (secondary N) is 2. The number of nitrogens with zero attached hydrogens (tertiary/aromatic N) is 1. The molecule has 1 saturated heterocycles. The van der Waals surface area contributed by atoms with E-state index in [1.165, 1.54) is 9.75 Å². The van der Waals surface area contributed by atoms with Gasteiger partial charge in [-0.05, 0) is 38.3 Å². The highest BCUT2D eigenvalue weighted by Gasteiger charge is 2.13. The van der Waals surface area contributed by atoms with Gasteiger partial charge in [0.05, 0.1) is 12.6 Å². The van der Waals surface area contributed by atoms with Crippen LogP contribution < -0.4 is 10.6 Å². The molecule has 0 spiro atoms. The fourth-order valence-electron chi connectivity index (χ4n) is 2.34. The molecule has 23 heavy (non-hydrogen) atoms. The monoisotopic (exact) mass is 453 g/mol. The first kappa shape index (κ1) is 20.7. The highest BCUT2D eigenvalue weighted by Crippen LogP contribution is 2.14. The van der Waals surface area contributed by atoms with Gasteiger partial charge in [0.1, 0.15) is 0 Å². The van der Waals surface area contributed by atoms with Gasteiger partial charge >= 0.3 is 0 Å². The molecule has 0 saturated carbocycles. The average Bonchev–Trinajstić information content (AvgIpc) is 2.96. The Morgan fingerprint density at radius 2 is 2.13 bits per heavy atom. The predicted molar refractivity (Wildman–Crippen MR) is 107 cm³/mol. The summed E-state index contributed by atoms with van der Waals surface area (Å²) in [6.07, 6.45) is 3.41. The molecule has 5 nitrogen and oxygen atoms in total. The van der Waals surface area contributed by atoms with Crippen LogP contribution in [0.2, 0.25) is 0 Å². The zero-order valence-electron chi connectivity index (χ0n) is 14.0. The fourth-order valence-corrected chi connectivity index (χ4v) is 3.17. The van der Waals surface area contributed by atoms with Crippen molar-refractivity contribution in [1.29, 1.82) is 0 Å². The molecule has 1 aliphatic rings. The largest absolute Gasteiger partial charge is 0.381 e. The minimum Gasteiger partial charge on any atom is -0.381 e. The molecule has 0 atom stereocenters. The zero-order chi connectivity index (χ0) is 15.6. The van der Waals surface area contributed by atoms with Crippen molar-refractivity contribution in [2.45, 2.75) is 38.8 Å². The lowest BCUT2D eigenvalue weighted by Gasteiger charge is -2.22. The van der Waals surface area contributed by atoms with Gasteiger partial charge in [0.15, 0.2) is 5.96 Å². The molecule has 7 heteroatoms. The third-order valence-corrected chi connectivity index (χ3v) is 4.59. The Hall–Kier alpha value is -0.380. The standard InChI is InChI=1S/C16H27N3O2S.HI/c1-13-4-5-15(22-13)12-19-16(17-2)18-8-3-9-21-14-6-10-20-11-7-14;/h4-5,14H,3,6-12H2,1-2H3,(H2,17,18,19);1H. The summed E-state index contributed by atoms with van der Waals surface area (Å²) in [4.78, 5) is 6.90. The van der Waals surface area contributed by atoms with Gasteiger partial charge < -0.3 is 20.1 Å². The molecule has 1 fully saturated rings. The van der Waals surface area contributed by atoms with Gasteiger partial charge in [-0.15, -0.1) is 35.3 Å². The number of guanidine groups is 1. The molecule has 2 N–H and O–H groups in total. The maximum atomic E-state index is 5.85. The molecule has 0 unspecified atom stereocenters. The van der Waals surface area contributed by atoms with Gasteiger partial charge in [0.25, 0.3) is 0 Å². The van der Waals surface area contributed by atoms with Crippen LogP contribution in [-0.4, -0.2) is 45.5 Å². The first-order chi connectivity index (χ1) is 10.8. The van der Waals surface area contributed by atoms with Crippen molar-refractivity contribution in [3.05, 3.63) is 21.9 Å². The Bertz CT molecular complexity index is 462. The molecule has 2 rings (SSSR count). The minimum atomic E-state index is 0. The van der Waals surface area contributed by atoms with Crippen LogP contribution in [0.3, 0.4) is 0 Å². The number of rotatable bonds is 7. The summed E-state index contributed by atoms with van der Waals surface area (Å²) in [7, 11) is 1.80. The Morgan fingerprint density at radius 1 is 1.35 bits per heavy atom. The van der Waals surface area contributed by atoms with Gasteiger partial charge in [0, 0.05) is 43.2 Å². The fraction of sp³-hybridized carbons (Fsp3) is 0.688. The second kappa shape index (κ2) is 12.0. The van der Waals surface area contributed by atoms with E-state index in [2.05, 4.69) is 34.7 Å². The van der Waals surface area contributed by atoms with Crippen LogP contribution in [0.5, 0.6) is 0 Å². The van der Waals surface area contributed by atoms with Gasteiger partial charge in [-0.1, -0.05) is 0 Å². The summed E-state index contributed by atoms with van der Waals surface area (Å²) in [6, 6.07) is 4.30. The molecule has 1 aromatic rings. The van der Waals surface area contributed by atoms with Crippen molar-refractivity contribution in [1.82, 2.24) is 10.6 Å². The van der Waals surface area contributed by atoms with E-state index in [4.69, 9.17) is 9.47 Å². The summed E-state index contributed by atoms with van der Waals surface area (Å²) in [6.45, 7) is 6.27. The Morgan fingerprint density at radius 3 is 2.78 bits per heavy atom. The van der Waals surface area contributed by atoms with Crippen LogP contribution in [0, 0.1) is 6.92 Å². The summed E-state index contributed by atoms with van der Waals surface area (Å²) in [5, 5.41) is 6.65. The average molecular weight is 453 g/mol. The SMILES string of the molecule is CN=C(NCCCOC1CCOCC1)NCc1ccc(C)s1.I. The van der Waals surface area contributed by atoms with Crippen molar-refractivity contribution in [3.63, 3.8) is 0 Å². The van der Waals surface area contributed by atoms with Crippen molar-refractivity contribution >= 4 is 41.3 Å². The minimum absolute atomic E-state index is 0. The van der Waals surface area contributed by atoms with Crippen LogP contribution in [-0.2, 0) is 16.0 Å². The van der Waals surface area contributed by atoms with Crippen LogP contribution in [0.4, 0.5) is 0 Å². The number of aliphatic imine (C=N–C) groups is 1. The molecule has 132 valence electrons. The first-order valence-electron chi connectivity index (χ1n) is 7.97. The molecule has 0 aliphatic carbocycles. The van der Waals surface area contributed by atoms with E-state index >= 15 is 0 Å². The van der Waals surface area contributed by atoms with E-state index in [0.29, 0.717) is 6.10 Å². The normalized spacial score (nSPS) is 16.0. The van der Waals surface area contributed by atoms with E-state index in [-0.39, 0.29) is 24.0 Å². The third kappa shape index (κ3) is 8.32. The summed E-state index contributed by atoms with van der Waals surface area (Å²) in [5.74, 6) is 0.845. The van der Waals surface area contributed by atoms with Crippen molar-refractivity contribution < 1.29 is 9.47 Å². The third-order valence-electron chi connectivity index (χ3n) is 3.59. The molecular weight excluding hydrogens is 425 g/mol. The van der Waals surface area contributed by atoms with E-state index in [1.54, 1.807) is 7.05 Å². The predicted octanol–water partition coefficient (Wildman–Crippen LogP) is 2.93. The maximum Gasteiger partial charge on any atom is 0.191 e. The maximum absolute atomic E-state index is 5.85. The number of ether oxygens (including phenoxy) is 2. The topological polar surface area (TPSA) is 54.9 Å². The second-order valence-corrected chi connectivity index (χ2v) is 6.77. The highest BCUT2D eigenvalue weighted by molar-refractivity contribution is 14.0. The number of halogens is 1. The molecule has 1 aromatic heterocycles. The molecule has 0 aromatic carbocycles. The molecule has 0 amide bonds. The molecule has 0 radical (unpaired) electrons. The molecule has 0 bridgehead atoms. The van der Waals surface area contributed by atoms with Crippen LogP contribution >= 0.6 is 35.3 Å². The number of hydrogen-bond acceptors (Lipinski definition) is 4. The number of hydrogen-bond donors (Lipinski definition) is 2. The lowest BCUT2D eigenvalue weighted by atomic mass is 10.1. The summed E-state index contributed by atoms with van der Waals surface area (Å²) in [5.41, 5.74) is 0. The summed E-state index contributed by atoms with van der Waals surface area (Å²) >= 11 is 1.81. The lowest BCUT2D eigenvalue weighted by molar-refractivity contribution is -0.0320. The van der Waals surface area contributed by atoms with Crippen molar-refractivity contribution in [2.75, 3.05) is 33.4 Å². The van der Waals surface area contributed by atoms with Gasteiger partial charge in [-0.25, -0.2) is 0 Å². The van der Waals surface area contributed by atoms with E-state index in [1.807, 2.05) is 11.3 Å². The highest BCUT2D eigenvalue weighted by atomic mass is 127. The van der Waals surface area contributed by atoms with E-state index < -0.39 is 0 Å². The second-order valence-electron chi connectivity index (χ2n) is 5.40. The quantitative estimate of drug-likeness (QED) is 0.289. The van der Waals surface area contributed by atoms with E-state index in [0.717, 1.165) is 58.1 Å².